The number of nitrogens with one attached hydrogen (secondary N) is 2. The van der Waals surface area contributed by atoms with Crippen molar-refractivity contribution in [1.29, 1.82) is 0 Å². The maximum Gasteiger partial charge on any atom is 0.305 e. The van der Waals surface area contributed by atoms with Gasteiger partial charge < -0.3 is 10.1 Å². The van der Waals surface area contributed by atoms with Gasteiger partial charge in [0.15, 0.2) is 5.78 Å². The lowest BCUT2D eigenvalue weighted by atomic mass is 10.2. The number of amides is 1. The fourth-order valence-electron chi connectivity index (χ4n) is 2.24. The third kappa shape index (κ3) is 8.78. The molecule has 1 aromatic carbocycles. The largest absolute Gasteiger partial charge is 0.469 e. The third-order valence-corrected chi connectivity index (χ3v) is 5.30. The lowest BCUT2D eigenvalue weighted by Gasteiger charge is -2.08. The van der Waals surface area contributed by atoms with E-state index in [9.17, 15) is 22.8 Å². The fourth-order valence-corrected chi connectivity index (χ4v) is 3.27. The number of carbonyl (C=O) groups excluding carboxylic acids is 3. The van der Waals surface area contributed by atoms with Gasteiger partial charge in [-0.3, -0.25) is 14.4 Å². The van der Waals surface area contributed by atoms with Crippen LogP contribution in [0, 0.1) is 0 Å². The first-order chi connectivity index (χ1) is 12.8. The van der Waals surface area contributed by atoms with E-state index in [2.05, 4.69) is 14.8 Å². The average Bonchev–Trinajstić information content (AvgIpc) is 2.64. The molecule has 150 valence electrons. The van der Waals surface area contributed by atoms with Crippen LogP contribution < -0.4 is 10.0 Å². The van der Waals surface area contributed by atoms with Crippen molar-refractivity contribution in [3.05, 3.63) is 29.8 Å². The highest BCUT2D eigenvalue weighted by Crippen LogP contribution is 2.11. The number of sulfonamides is 1. The second kappa shape index (κ2) is 11.5. The van der Waals surface area contributed by atoms with E-state index < -0.39 is 10.0 Å². The molecule has 0 aliphatic heterocycles. The molecule has 1 amide bonds. The Bertz CT molecular complexity index is 744. The van der Waals surface area contributed by atoms with Crippen molar-refractivity contribution in [3.63, 3.8) is 0 Å². The van der Waals surface area contributed by atoms with Gasteiger partial charge in [0.25, 0.3) is 0 Å². The van der Waals surface area contributed by atoms with Crippen LogP contribution in [0.4, 0.5) is 0 Å². The highest BCUT2D eigenvalue weighted by molar-refractivity contribution is 7.89. The summed E-state index contributed by atoms with van der Waals surface area (Å²) in [5, 5.41) is 2.70. The maximum absolute atomic E-state index is 12.1. The first-order valence-electron chi connectivity index (χ1n) is 8.70. The molecule has 0 aliphatic carbocycles. The van der Waals surface area contributed by atoms with E-state index in [4.69, 9.17) is 0 Å². The molecule has 0 spiro atoms. The summed E-state index contributed by atoms with van der Waals surface area (Å²) in [6.45, 7) is 1.85. The van der Waals surface area contributed by atoms with Gasteiger partial charge in [0.2, 0.25) is 15.9 Å². The lowest BCUT2D eigenvalue weighted by molar-refractivity contribution is -0.140. The molecule has 9 heteroatoms. The summed E-state index contributed by atoms with van der Waals surface area (Å²) in [5.41, 5.74) is 0.430. The Labute approximate surface area is 159 Å². The number of ketones is 1. The number of unbranched alkanes of at least 4 members (excludes halogenated alkanes) is 2. The topological polar surface area (TPSA) is 119 Å². The smallest absolute Gasteiger partial charge is 0.305 e. The highest BCUT2D eigenvalue weighted by Gasteiger charge is 2.14. The van der Waals surface area contributed by atoms with Crippen LogP contribution in [0.25, 0.3) is 0 Å². The molecule has 27 heavy (non-hydrogen) atoms. The molecule has 0 fully saturated rings. The van der Waals surface area contributed by atoms with Gasteiger partial charge in [-0.15, -0.1) is 0 Å². The van der Waals surface area contributed by atoms with E-state index in [0.29, 0.717) is 24.9 Å². The van der Waals surface area contributed by atoms with Crippen LogP contribution in [-0.4, -0.2) is 46.3 Å². The molecule has 0 radical (unpaired) electrons. The molecule has 0 bridgehead atoms. The molecule has 0 heterocycles. The number of benzene rings is 1. The van der Waals surface area contributed by atoms with Crippen molar-refractivity contribution in [2.45, 2.75) is 43.9 Å². The van der Waals surface area contributed by atoms with Crippen LogP contribution >= 0.6 is 0 Å². The maximum atomic E-state index is 12.1. The number of hydrogen-bond acceptors (Lipinski definition) is 6. The minimum Gasteiger partial charge on any atom is -0.469 e. The molecule has 0 aromatic heterocycles. The molecule has 0 unspecified atom stereocenters. The number of hydrogen-bond donors (Lipinski definition) is 2. The van der Waals surface area contributed by atoms with E-state index in [0.717, 1.165) is 12.8 Å². The summed E-state index contributed by atoms with van der Waals surface area (Å²) in [4.78, 5) is 33.9. The molecule has 0 saturated heterocycles. The number of methoxy groups -OCH3 is 1. The van der Waals surface area contributed by atoms with Gasteiger partial charge in [0.1, 0.15) is 0 Å². The first kappa shape index (κ1) is 22.8. The quantitative estimate of drug-likeness (QED) is 0.312. The summed E-state index contributed by atoms with van der Waals surface area (Å²) in [5.74, 6) is -0.645. The molecular weight excluding hydrogens is 372 g/mol. The molecule has 0 saturated carbocycles. The van der Waals surface area contributed by atoms with E-state index in [1.807, 2.05) is 0 Å². The van der Waals surface area contributed by atoms with Gasteiger partial charge in [0.05, 0.1) is 12.0 Å². The number of rotatable bonds is 12. The van der Waals surface area contributed by atoms with Crippen molar-refractivity contribution in [2.75, 3.05) is 20.2 Å². The zero-order valence-corrected chi connectivity index (χ0v) is 16.4. The first-order valence-corrected chi connectivity index (χ1v) is 10.2. The van der Waals surface area contributed by atoms with Gasteiger partial charge in [-0.25, -0.2) is 13.1 Å². The van der Waals surface area contributed by atoms with E-state index >= 15 is 0 Å². The number of ether oxygens (including phenoxy) is 1. The normalized spacial score (nSPS) is 11.0. The lowest BCUT2D eigenvalue weighted by Crippen LogP contribution is -2.31. The predicted molar refractivity (Wildman–Crippen MR) is 99.7 cm³/mol. The summed E-state index contributed by atoms with van der Waals surface area (Å²) in [6, 6.07) is 5.61. The van der Waals surface area contributed by atoms with E-state index in [1.54, 1.807) is 0 Å². The van der Waals surface area contributed by atoms with Crippen molar-refractivity contribution < 1.29 is 27.5 Å². The SMILES string of the molecule is COC(=O)CCCCCNC(=O)CCNS(=O)(=O)c1ccc(C(C)=O)cc1. The van der Waals surface area contributed by atoms with Crippen LogP contribution in [0.15, 0.2) is 29.2 Å². The number of carbonyl (C=O) groups is 3. The predicted octanol–water partition coefficient (Wildman–Crippen LogP) is 1.41. The second-order valence-corrected chi connectivity index (χ2v) is 7.73. The molecule has 1 aromatic rings. The van der Waals surface area contributed by atoms with Crippen LogP contribution in [-0.2, 0) is 24.3 Å². The van der Waals surface area contributed by atoms with E-state index in [1.165, 1.54) is 38.3 Å². The monoisotopic (exact) mass is 398 g/mol. The van der Waals surface area contributed by atoms with Crippen LogP contribution in [0.3, 0.4) is 0 Å². The van der Waals surface area contributed by atoms with Crippen molar-refractivity contribution in [1.82, 2.24) is 10.0 Å². The Balaban J connectivity index is 2.26. The molecule has 2 N–H and O–H groups in total. The Morgan fingerprint density at radius 1 is 0.963 bits per heavy atom. The molecule has 0 aliphatic rings. The van der Waals surface area contributed by atoms with Crippen molar-refractivity contribution in [2.24, 2.45) is 0 Å². The van der Waals surface area contributed by atoms with E-state index in [-0.39, 0.29) is 35.5 Å². The van der Waals surface area contributed by atoms with Crippen molar-refractivity contribution >= 4 is 27.7 Å². The molecule has 0 atom stereocenters. The fraction of sp³-hybridized carbons (Fsp3) is 0.500. The van der Waals surface area contributed by atoms with Gasteiger partial charge >= 0.3 is 5.97 Å². The van der Waals surface area contributed by atoms with Crippen LogP contribution in [0.5, 0.6) is 0 Å². The summed E-state index contributed by atoms with van der Waals surface area (Å²) < 4.78 is 31.2. The van der Waals surface area contributed by atoms with Gasteiger partial charge in [-0.1, -0.05) is 18.6 Å². The van der Waals surface area contributed by atoms with Crippen LogP contribution in [0.2, 0.25) is 0 Å². The van der Waals surface area contributed by atoms with Gasteiger partial charge in [-0.2, -0.15) is 0 Å². The molecule has 8 nitrogen and oxygen atoms in total. The Hall–Kier alpha value is -2.26. The number of esters is 1. The van der Waals surface area contributed by atoms with Gasteiger partial charge in [-0.05, 0) is 31.9 Å². The average molecular weight is 398 g/mol. The Kier molecular flexibility index (Phi) is 9.66. The third-order valence-electron chi connectivity index (χ3n) is 3.82. The second-order valence-electron chi connectivity index (χ2n) is 5.97. The standard InChI is InChI=1S/C18H26N2O6S/c1-14(21)15-7-9-16(10-8-15)27(24,25)20-13-11-17(22)19-12-5-3-4-6-18(23)26-2/h7-10,20H,3-6,11-13H2,1-2H3,(H,19,22). The zero-order valence-electron chi connectivity index (χ0n) is 15.6. The van der Waals surface area contributed by atoms with Gasteiger partial charge in [0, 0.05) is 31.5 Å². The Morgan fingerprint density at radius 2 is 1.63 bits per heavy atom. The zero-order chi connectivity index (χ0) is 20.3. The Morgan fingerprint density at radius 3 is 2.22 bits per heavy atom. The summed E-state index contributed by atoms with van der Waals surface area (Å²) in [7, 11) is -2.38. The highest BCUT2D eigenvalue weighted by atomic mass is 32.2. The molecular formula is C18H26N2O6S. The minimum atomic E-state index is -3.73. The number of Topliss-reactive ketones (excluding diaryl/α,β-unsaturated/α-hetero) is 1. The minimum absolute atomic E-state index is 0.0208. The van der Waals surface area contributed by atoms with Crippen molar-refractivity contribution in [3.8, 4) is 0 Å². The molecule has 1 rings (SSSR count). The summed E-state index contributed by atoms with van der Waals surface area (Å²) >= 11 is 0. The van der Waals surface area contributed by atoms with Crippen LogP contribution in [0.1, 0.15) is 49.4 Å². The summed E-state index contributed by atoms with van der Waals surface area (Å²) in [6.07, 6.45) is 2.60.